The van der Waals surface area contributed by atoms with Crippen molar-refractivity contribution in [2.45, 2.75) is 32.4 Å². The number of ether oxygens (including phenoxy) is 4. The fourth-order valence-corrected chi connectivity index (χ4v) is 4.87. The summed E-state index contributed by atoms with van der Waals surface area (Å²) in [5.41, 5.74) is 0.531. The Kier molecular flexibility index (Phi) is 9.60. The van der Waals surface area contributed by atoms with Gasteiger partial charge in [-0.15, -0.1) is 0 Å². The average Bonchev–Trinajstić information content (AvgIpc) is 3.41. The van der Waals surface area contributed by atoms with Crippen LogP contribution in [0.2, 0.25) is 0 Å². The predicted molar refractivity (Wildman–Crippen MR) is 154 cm³/mol. The van der Waals surface area contributed by atoms with Crippen LogP contribution in [0.5, 0.6) is 17.2 Å². The number of ketones is 1. The highest BCUT2D eigenvalue weighted by atomic mass is 16.5. The molecule has 2 aliphatic rings. The van der Waals surface area contributed by atoms with E-state index in [2.05, 4.69) is 15.5 Å². The third-order valence-corrected chi connectivity index (χ3v) is 7.15. The Hall–Kier alpha value is -4.09. The van der Waals surface area contributed by atoms with Gasteiger partial charge >= 0.3 is 0 Å². The van der Waals surface area contributed by atoms with Crippen molar-refractivity contribution in [1.29, 1.82) is 0 Å². The minimum Gasteiger partial charge on any atom is -0.492 e. The van der Waals surface area contributed by atoms with Crippen LogP contribution in [0, 0.1) is 5.92 Å². The number of carbonyl (C=O) groups is 3. The fourth-order valence-electron chi connectivity index (χ4n) is 4.87. The lowest BCUT2D eigenvalue weighted by Crippen LogP contribution is -2.54. The van der Waals surface area contributed by atoms with E-state index in [-0.39, 0.29) is 30.7 Å². The first-order valence-corrected chi connectivity index (χ1v) is 14.3. The molecular formula is C31H37N3O8. The van der Waals surface area contributed by atoms with Gasteiger partial charge in [-0.1, -0.05) is 26.0 Å². The van der Waals surface area contributed by atoms with E-state index in [4.69, 9.17) is 23.4 Å². The molecular weight excluding hydrogens is 542 g/mol. The maximum Gasteiger partial charge on any atom is 0.287 e. The van der Waals surface area contributed by atoms with Crippen LogP contribution < -0.4 is 24.8 Å². The summed E-state index contributed by atoms with van der Waals surface area (Å²) in [5.74, 6) is 0.468. The average molecular weight is 580 g/mol. The second kappa shape index (κ2) is 13.7. The summed E-state index contributed by atoms with van der Waals surface area (Å²) in [4.78, 5) is 41.5. The summed E-state index contributed by atoms with van der Waals surface area (Å²) >= 11 is 0. The molecule has 2 N–H and O–H groups in total. The van der Waals surface area contributed by atoms with Gasteiger partial charge in [-0.25, -0.2) is 0 Å². The molecule has 0 bridgehead atoms. The van der Waals surface area contributed by atoms with E-state index in [1.54, 1.807) is 42.5 Å². The molecule has 11 heteroatoms. The molecule has 3 heterocycles. The molecule has 0 saturated carbocycles. The quantitative estimate of drug-likeness (QED) is 0.373. The molecule has 5 rings (SSSR count). The third kappa shape index (κ3) is 7.59. The number of Topliss-reactive ketones (excluding diaryl/α,β-unsaturated/α-hetero) is 1. The highest BCUT2D eigenvalue weighted by Gasteiger charge is 2.30. The Morgan fingerprint density at radius 3 is 2.57 bits per heavy atom. The first-order valence-electron chi connectivity index (χ1n) is 14.3. The number of furan rings is 1. The Balaban J connectivity index is 1.20. The minimum absolute atomic E-state index is 0.0479. The zero-order valence-electron chi connectivity index (χ0n) is 23.9. The van der Waals surface area contributed by atoms with Crippen LogP contribution in [-0.4, -0.2) is 87.2 Å². The van der Waals surface area contributed by atoms with Crippen LogP contribution in [0.4, 0.5) is 0 Å². The van der Waals surface area contributed by atoms with Gasteiger partial charge in [0.05, 0.1) is 13.2 Å². The smallest absolute Gasteiger partial charge is 0.287 e. The van der Waals surface area contributed by atoms with Crippen LogP contribution >= 0.6 is 0 Å². The van der Waals surface area contributed by atoms with Crippen molar-refractivity contribution in [3.8, 4) is 17.2 Å². The van der Waals surface area contributed by atoms with E-state index in [1.807, 2.05) is 19.9 Å². The lowest BCUT2D eigenvalue weighted by Gasteiger charge is -2.26. The van der Waals surface area contributed by atoms with Gasteiger partial charge in [-0.3, -0.25) is 19.3 Å². The van der Waals surface area contributed by atoms with E-state index in [1.165, 1.54) is 0 Å². The number of nitrogens with zero attached hydrogens (tertiary/aromatic N) is 1. The zero-order chi connectivity index (χ0) is 29.5. The van der Waals surface area contributed by atoms with Crippen LogP contribution in [-0.2, 0) is 14.3 Å². The van der Waals surface area contributed by atoms with E-state index in [9.17, 15) is 14.4 Å². The summed E-state index contributed by atoms with van der Waals surface area (Å²) in [6.07, 6.45) is 0.361. The number of nitrogens with one attached hydrogen (secondary N) is 2. The molecule has 2 atom stereocenters. The summed E-state index contributed by atoms with van der Waals surface area (Å²) < 4.78 is 28.4. The molecule has 2 amide bonds. The van der Waals surface area contributed by atoms with Crippen LogP contribution in [0.15, 0.2) is 52.9 Å². The van der Waals surface area contributed by atoms with Gasteiger partial charge in [-0.2, -0.15) is 0 Å². The molecule has 1 unspecified atom stereocenters. The molecule has 0 spiro atoms. The van der Waals surface area contributed by atoms with Gasteiger partial charge in [-0.05, 0) is 48.7 Å². The molecule has 2 aliphatic heterocycles. The minimum atomic E-state index is -0.926. The molecule has 1 fully saturated rings. The van der Waals surface area contributed by atoms with E-state index in [0.29, 0.717) is 41.2 Å². The maximum atomic E-state index is 13.3. The molecule has 224 valence electrons. The first kappa shape index (κ1) is 29.4. The Morgan fingerprint density at radius 2 is 1.81 bits per heavy atom. The molecule has 11 nitrogen and oxygen atoms in total. The van der Waals surface area contributed by atoms with Crippen LogP contribution in [0.3, 0.4) is 0 Å². The van der Waals surface area contributed by atoms with Crippen molar-refractivity contribution in [2.24, 2.45) is 5.92 Å². The number of morpholine rings is 1. The van der Waals surface area contributed by atoms with Gasteiger partial charge in [0, 0.05) is 25.0 Å². The second-order valence-corrected chi connectivity index (χ2v) is 10.8. The van der Waals surface area contributed by atoms with Gasteiger partial charge in [0.25, 0.3) is 5.91 Å². The normalized spacial score (nSPS) is 18.3. The van der Waals surface area contributed by atoms with Crippen molar-refractivity contribution >= 4 is 28.6 Å². The number of para-hydroxylation sites is 2. The number of hydrogen-bond donors (Lipinski definition) is 2. The molecule has 1 aromatic heterocycles. The monoisotopic (exact) mass is 579 g/mol. The van der Waals surface area contributed by atoms with Crippen molar-refractivity contribution in [2.75, 3.05) is 52.7 Å². The number of rotatable bonds is 10. The standard InChI is InChI=1S/C31H37N3O8/c1-20(2)15-23(30(36)33-24-18-40-27-5-3-4-6-28(27)41-19-25(24)35)32-31(37)29-17-21-16-22(7-8-26(21)42-29)39-14-11-34-9-12-38-13-10-34/h3-8,16-17,20,23-24H,9-15,18-19H2,1-2H3,(H,32,37)(H,33,36)/t23?,24-/m0/s1. The Morgan fingerprint density at radius 1 is 1.05 bits per heavy atom. The number of hydrogen-bond acceptors (Lipinski definition) is 9. The number of amides is 2. The lowest BCUT2D eigenvalue weighted by molar-refractivity contribution is -0.131. The Labute approximate surface area is 244 Å². The van der Waals surface area contributed by atoms with Gasteiger partial charge in [0.2, 0.25) is 5.91 Å². The van der Waals surface area contributed by atoms with Gasteiger partial charge in [0.15, 0.2) is 23.0 Å². The van der Waals surface area contributed by atoms with E-state index < -0.39 is 23.9 Å². The largest absolute Gasteiger partial charge is 0.492 e. The van der Waals surface area contributed by atoms with Crippen molar-refractivity contribution < 1.29 is 37.7 Å². The van der Waals surface area contributed by atoms with Gasteiger partial charge in [0.1, 0.15) is 43.2 Å². The van der Waals surface area contributed by atoms with E-state index in [0.717, 1.165) is 32.8 Å². The summed E-state index contributed by atoms with van der Waals surface area (Å²) in [7, 11) is 0. The first-order chi connectivity index (χ1) is 20.4. The van der Waals surface area contributed by atoms with E-state index >= 15 is 0 Å². The molecule has 3 aromatic rings. The lowest BCUT2D eigenvalue weighted by atomic mass is 10.0. The second-order valence-electron chi connectivity index (χ2n) is 10.8. The highest BCUT2D eigenvalue weighted by molar-refractivity contribution is 5.99. The number of carbonyl (C=O) groups excluding carboxylic acids is 3. The number of benzene rings is 2. The maximum absolute atomic E-state index is 13.3. The molecule has 0 aliphatic carbocycles. The zero-order valence-corrected chi connectivity index (χ0v) is 23.9. The highest BCUT2D eigenvalue weighted by Crippen LogP contribution is 2.28. The molecule has 2 aromatic carbocycles. The molecule has 0 radical (unpaired) electrons. The summed E-state index contributed by atoms with van der Waals surface area (Å²) in [5, 5.41) is 6.24. The summed E-state index contributed by atoms with van der Waals surface area (Å²) in [6.45, 7) is 8.25. The van der Waals surface area contributed by atoms with Crippen LogP contribution in [0.1, 0.15) is 30.8 Å². The SMILES string of the molecule is CC(C)CC(NC(=O)c1cc2cc(OCCN3CCOCC3)ccc2o1)C(=O)N[C@H]1COc2ccccc2OCC1=O. The number of fused-ring (bicyclic) bond motifs is 2. The summed E-state index contributed by atoms with van der Waals surface area (Å²) in [6, 6.07) is 12.2. The topological polar surface area (TPSA) is 129 Å². The van der Waals surface area contributed by atoms with Crippen molar-refractivity contribution in [3.05, 3.63) is 54.3 Å². The Bertz CT molecular complexity index is 1400. The fraction of sp³-hybridized carbons (Fsp3) is 0.452. The third-order valence-electron chi connectivity index (χ3n) is 7.15. The predicted octanol–water partition coefficient (Wildman–Crippen LogP) is 2.81. The van der Waals surface area contributed by atoms with Gasteiger partial charge < -0.3 is 34.0 Å². The van der Waals surface area contributed by atoms with Crippen molar-refractivity contribution in [3.63, 3.8) is 0 Å². The molecule has 1 saturated heterocycles. The van der Waals surface area contributed by atoms with Crippen LogP contribution in [0.25, 0.3) is 11.0 Å². The molecule has 42 heavy (non-hydrogen) atoms. The van der Waals surface area contributed by atoms with Crippen molar-refractivity contribution in [1.82, 2.24) is 15.5 Å².